The summed E-state index contributed by atoms with van der Waals surface area (Å²) in [6.45, 7) is 1.97. The maximum absolute atomic E-state index is 12.1. The topological polar surface area (TPSA) is 68.0 Å². The van der Waals surface area contributed by atoms with Crippen molar-refractivity contribution < 1.29 is 9.32 Å². The van der Waals surface area contributed by atoms with Gasteiger partial charge >= 0.3 is 0 Å². The zero-order valence-corrected chi connectivity index (χ0v) is 13.5. The molecule has 1 aromatic heterocycles. The predicted octanol–water partition coefficient (Wildman–Crippen LogP) is 4.21. The van der Waals surface area contributed by atoms with Gasteiger partial charge in [-0.15, -0.1) is 0 Å². The third-order valence-corrected chi connectivity index (χ3v) is 4.43. The van der Waals surface area contributed by atoms with Gasteiger partial charge in [-0.1, -0.05) is 49.9 Å². The summed E-state index contributed by atoms with van der Waals surface area (Å²) in [5.74, 6) is 1.99. The molecule has 0 spiro atoms. The first-order valence-electron chi connectivity index (χ1n) is 8.47. The lowest BCUT2D eigenvalue weighted by Crippen LogP contribution is -2.12. The number of benzene rings is 1. The van der Waals surface area contributed by atoms with Gasteiger partial charge in [0.05, 0.1) is 0 Å². The van der Waals surface area contributed by atoms with Gasteiger partial charge in [-0.2, -0.15) is 4.98 Å². The lowest BCUT2D eigenvalue weighted by atomic mass is 10.0. The standard InChI is InChI=1S/C18H23N3O2/c1-2-17-20-18(21-23-17)14-8-5-9-15(12-14)19-16(22)11-10-13-6-3-4-7-13/h5,8-9,12-13H,2-4,6-7,10-11H2,1H3,(H,19,22). The van der Waals surface area contributed by atoms with Crippen molar-refractivity contribution in [1.82, 2.24) is 10.1 Å². The number of hydrogen-bond acceptors (Lipinski definition) is 4. The Morgan fingerprint density at radius 2 is 2.17 bits per heavy atom. The van der Waals surface area contributed by atoms with E-state index in [2.05, 4.69) is 15.5 Å². The number of carbonyl (C=O) groups excluding carboxylic acids is 1. The molecule has 23 heavy (non-hydrogen) atoms. The number of nitrogens with one attached hydrogen (secondary N) is 1. The van der Waals surface area contributed by atoms with Crippen LogP contribution < -0.4 is 5.32 Å². The Balaban J connectivity index is 1.59. The number of amides is 1. The van der Waals surface area contributed by atoms with Gasteiger partial charge in [0.1, 0.15) is 0 Å². The lowest BCUT2D eigenvalue weighted by Gasteiger charge is -2.09. The third kappa shape index (κ3) is 4.18. The first kappa shape index (κ1) is 15.7. The van der Waals surface area contributed by atoms with Crippen LogP contribution in [0.5, 0.6) is 0 Å². The molecule has 1 aromatic carbocycles. The van der Waals surface area contributed by atoms with E-state index >= 15 is 0 Å². The average molecular weight is 313 g/mol. The van der Waals surface area contributed by atoms with Crippen LogP contribution in [0.4, 0.5) is 5.69 Å². The maximum Gasteiger partial charge on any atom is 0.226 e. The van der Waals surface area contributed by atoms with Crippen LogP contribution in [-0.2, 0) is 11.2 Å². The quantitative estimate of drug-likeness (QED) is 0.867. The monoisotopic (exact) mass is 313 g/mol. The molecular weight excluding hydrogens is 290 g/mol. The first-order chi connectivity index (χ1) is 11.2. The van der Waals surface area contributed by atoms with Gasteiger partial charge in [0.25, 0.3) is 0 Å². The van der Waals surface area contributed by atoms with Crippen molar-refractivity contribution in [2.45, 2.75) is 51.9 Å². The van der Waals surface area contributed by atoms with Gasteiger partial charge < -0.3 is 9.84 Å². The summed E-state index contributed by atoms with van der Waals surface area (Å²) in [5.41, 5.74) is 1.63. The summed E-state index contributed by atoms with van der Waals surface area (Å²) in [6.07, 6.45) is 7.50. The number of rotatable bonds is 6. The molecule has 0 aliphatic heterocycles. The van der Waals surface area contributed by atoms with Crippen LogP contribution in [0.1, 0.15) is 51.3 Å². The Bertz CT molecular complexity index is 660. The predicted molar refractivity (Wildman–Crippen MR) is 88.9 cm³/mol. The lowest BCUT2D eigenvalue weighted by molar-refractivity contribution is -0.116. The van der Waals surface area contributed by atoms with Crippen LogP contribution in [-0.4, -0.2) is 16.0 Å². The van der Waals surface area contributed by atoms with E-state index in [1.54, 1.807) is 0 Å². The smallest absolute Gasteiger partial charge is 0.226 e. The number of aryl methyl sites for hydroxylation is 1. The molecule has 1 N–H and O–H groups in total. The Hall–Kier alpha value is -2.17. The van der Waals surface area contributed by atoms with E-state index < -0.39 is 0 Å². The second-order valence-corrected chi connectivity index (χ2v) is 6.18. The normalized spacial score (nSPS) is 15.0. The van der Waals surface area contributed by atoms with Gasteiger partial charge in [0, 0.05) is 24.1 Å². The molecule has 1 aliphatic rings. The highest BCUT2D eigenvalue weighted by Gasteiger charge is 2.16. The Kier molecular flexibility index (Phi) is 5.05. The van der Waals surface area contributed by atoms with E-state index in [4.69, 9.17) is 4.52 Å². The number of hydrogen-bond donors (Lipinski definition) is 1. The van der Waals surface area contributed by atoms with E-state index in [0.717, 1.165) is 23.6 Å². The van der Waals surface area contributed by atoms with Crippen molar-refractivity contribution >= 4 is 11.6 Å². The van der Waals surface area contributed by atoms with Gasteiger partial charge in [-0.05, 0) is 24.5 Å². The fourth-order valence-corrected chi connectivity index (χ4v) is 3.11. The fraction of sp³-hybridized carbons (Fsp3) is 0.500. The van der Waals surface area contributed by atoms with Gasteiger partial charge in [-0.25, -0.2) is 0 Å². The Morgan fingerprint density at radius 3 is 2.91 bits per heavy atom. The first-order valence-corrected chi connectivity index (χ1v) is 8.47. The summed E-state index contributed by atoms with van der Waals surface area (Å²) < 4.78 is 5.14. The molecule has 1 heterocycles. The molecule has 1 fully saturated rings. The Morgan fingerprint density at radius 1 is 1.35 bits per heavy atom. The molecule has 122 valence electrons. The molecule has 5 heteroatoms. The average Bonchev–Trinajstić information content (AvgIpc) is 3.24. The van der Waals surface area contributed by atoms with Crippen LogP contribution in [0.2, 0.25) is 0 Å². The zero-order valence-electron chi connectivity index (χ0n) is 13.5. The van der Waals surface area contributed by atoms with Crippen LogP contribution in [0.15, 0.2) is 28.8 Å². The summed E-state index contributed by atoms with van der Waals surface area (Å²) >= 11 is 0. The summed E-state index contributed by atoms with van der Waals surface area (Å²) in [4.78, 5) is 16.4. The highest BCUT2D eigenvalue weighted by atomic mass is 16.5. The van der Waals surface area contributed by atoms with Crippen LogP contribution in [0.3, 0.4) is 0 Å². The molecule has 0 radical (unpaired) electrons. The molecule has 2 aromatic rings. The number of carbonyl (C=O) groups is 1. The van der Waals surface area contributed by atoms with E-state index in [0.29, 0.717) is 24.6 Å². The second-order valence-electron chi connectivity index (χ2n) is 6.18. The van der Waals surface area contributed by atoms with E-state index in [9.17, 15) is 4.79 Å². The van der Waals surface area contributed by atoms with Crippen LogP contribution >= 0.6 is 0 Å². The second kappa shape index (κ2) is 7.40. The summed E-state index contributed by atoms with van der Waals surface area (Å²) in [7, 11) is 0. The molecular formula is C18H23N3O2. The van der Waals surface area contributed by atoms with Crippen molar-refractivity contribution in [1.29, 1.82) is 0 Å². The van der Waals surface area contributed by atoms with Crippen LogP contribution in [0.25, 0.3) is 11.4 Å². The molecule has 1 amide bonds. The van der Waals surface area contributed by atoms with Crippen molar-refractivity contribution in [2.24, 2.45) is 5.92 Å². The van der Waals surface area contributed by atoms with Crippen molar-refractivity contribution in [3.8, 4) is 11.4 Å². The highest BCUT2D eigenvalue weighted by molar-refractivity contribution is 5.91. The van der Waals surface area contributed by atoms with Crippen LogP contribution in [0, 0.1) is 5.92 Å². The van der Waals surface area contributed by atoms with E-state index in [1.165, 1.54) is 25.7 Å². The minimum absolute atomic E-state index is 0.0800. The van der Waals surface area contributed by atoms with E-state index in [-0.39, 0.29) is 5.91 Å². The van der Waals surface area contributed by atoms with Crippen molar-refractivity contribution in [2.75, 3.05) is 5.32 Å². The third-order valence-electron chi connectivity index (χ3n) is 4.43. The number of anilines is 1. The largest absolute Gasteiger partial charge is 0.339 e. The van der Waals surface area contributed by atoms with Gasteiger partial charge in [0.15, 0.2) is 0 Å². The molecule has 0 saturated heterocycles. The zero-order chi connectivity index (χ0) is 16.1. The van der Waals surface area contributed by atoms with Crippen molar-refractivity contribution in [3.63, 3.8) is 0 Å². The minimum Gasteiger partial charge on any atom is -0.339 e. The molecule has 0 atom stereocenters. The molecule has 5 nitrogen and oxygen atoms in total. The SMILES string of the molecule is CCc1nc(-c2cccc(NC(=O)CCC3CCCC3)c2)no1. The Labute approximate surface area is 136 Å². The molecule has 3 rings (SSSR count). The highest BCUT2D eigenvalue weighted by Crippen LogP contribution is 2.28. The minimum atomic E-state index is 0.0800. The summed E-state index contributed by atoms with van der Waals surface area (Å²) in [5, 5.41) is 6.94. The molecule has 0 unspecified atom stereocenters. The molecule has 1 aliphatic carbocycles. The van der Waals surface area contributed by atoms with E-state index in [1.807, 2.05) is 31.2 Å². The van der Waals surface area contributed by atoms with Crippen molar-refractivity contribution in [3.05, 3.63) is 30.2 Å². The molecule has 0 bridgehead atoms. The summed E-state index contributed by atoms with van der Waals surface area (Å²) in [6, 6.07) is 7.58. The van der Waals surface area contributed by atoms with Gasteiger partial charge in [0.2, 0.25) is 17.6 Å². The maximum atomic E-state index is 12.1. The molecule has 1 saturated carbocycles. The fourth-order valence-electron chi connectivity index (χ4n) is 3.11. The number of aromatic nitrogens is 2. The van der Waals surface area contributed by atoms with Gasteiger partial charge in [-0.3, -0.25) is 4.79 Å². The number of nitrogens with zero attached hydrogens (tertiary/aromatic N) is 2.